The number of anilines is 2. The van der Waals surface area contributed by atoms with Gasteiger partial charge in [-0.25, -0.2) is 13.8 Å². The van der Waals surface area contributed by atoms with Crippen LogP contribution in [-0.2, 0) is 18.8 Å². The summed E-state index contributed by atoms with van der Waals surface area (Å²) >= 11 is 0. The molecule has 0 atom stereocenters. The second kappa shape index (κ2) is 9.04. The topological polar surface area (TPSA) is 65.5 Å². The lowest BCUT2D eigenvalue weighted by atomic mass is 10.0. The predicted molar refractivity (Wildman–Crippen MR) is 120 cm³/mol. The second-order valence-electron chi connectivity index (χ2n) is 7.97. The molecule has 2 heterocycles. The van der Waals surface area contributed by atoms with Crippen LogP contribution >= 0.6 is 0 Å². The normalized spacial score (nSPS) is 13.2. The van der Waals surface area contributed by atoms with Crippen LogP contribution in [0.25, 0.3) is 0 Å². The number of pyridine rings is 1. The van der Waals surface area contributed by atoms with Crippen molar-refractivity contribution in [2.24, 2.45) is 0 Å². The van der Waals surface area contributed by atoms with Gasteiger partial charge in [-0.05, 0) is 59.9 Å². The van der Waals surface area contributed by atoms with Crippen molar-refractivity contribution in [1.29, 1.82) is 0 Å². The van der Waals surface area contributed by atoms with E-state index in [2.05, 4.69) is 15.2 Å². The molecule has 1 aliphatic heterocycles. The maximum atomic E-state index is 13.7. The first-order valence-corrected chi connectivity index (χ1v) is 10.6. The van der Waals surface area contributed by atoms with Gasteiger partial charge in [-0.1, -0.05) is 24.3 Å². The number of aromatic nitrogens is 1. The van der Waals surface area contributed by atoms with Crippen LogP contribution in [0.4, 0.5) is 20.3 Å². The molecule has 0 aliphatic carbocycles. The van der Waals surface area contributed by atoms with Gasteiger partial charge in [0.1, 0.15) is 5.82 Å². The molecule has 0 saturated heterocycles. The fourth-order valence-electron chi connectivity index (χ4n) is 4.06. The molecule has 1 amide bonds. The first-order chi connectivity index (χ1) is 15.4. The quantitative estimate of drug-likeness (QED) is 0.582. The van der Waals surface area contributed by atoms with Gasteiger partial charge in [-0.2, -0.15) is 0 Å². The Kier molecular flexibility index (Phi) is 6.19. The largest absolute Gasteiger partial charge is 0.395 e. The van der Waals surface area contributed by atoms with Crippen LogP contribution in [0.15, 0.2) is 60.8 Å². The third kappa shape index (κ3) is 4.62. The molecule has 2 aromatic carbocycles. The SMILES string of the molecule is CC(F)(F)c1cccc(Cc2ccnc(N3CCc4c(C(=O)NCCO)cccc43)c2)c1. The zero-order chi connectivity index (χ0) is 22.7. The van der Waals surface area contributed by atoms with Gasteiger partial charge in [0.25, 0.3) is 11.8 Å². The average Bonchev–Trinajstić information content (AvgIpc) is 3.21. The van der Waals surface area contributed by atoms with Gasteiger partial charge in [0.2, 0.25) is 0 Å². The number of carbonyl (C=O) groups is 1. The maximum absolute atomic E-state index is 13.7. The summed E-state index contributed by atoms with van der Waals surface area (Å²) in [6.45, 7) is 1.69. The van der Waals surface area contributed by atoms with Crippen molar-refractivity contribution in [3.05, 3.63) is 88.6 Å². The number of aliphatic hydroxyl groups is 1. The number of nitrogens with zero attached hydrogens (tertiary/aromatic N) is 2. The minimum absolute atomic E-state index is 0.00440. The lowest BCUT2D eigenvalue weighted by Crippen LogP contribution is -2.27. The van der Waals surface area contributed by atoms with Gasteiger partial charge in [0.15, 0.2) is 0 Å². The van der Waals surface area contributed by atoms with E-state index in [9.17, 15) is 13.6 Å². The average molecular weight is 437 g/mol. The van der Waals surface area contributed by atoms with E-state index in [0.29, 0.717) is 24.9 Å². The Labute approximate surface area is 185 Å². The van der Waals surface area contributed by atoms with Crippen LogP contribution in [-0.4, -0.2) is 35.7 Å². The van der Waals surface area contributed by atoms with Crippen LogP contribution in [0.5, 0.6) is 0 Å². The molecule has 2 N–H and O–H groups in total. The number of hydrogen-bond acceptors (Lipinski definition) is 4. The van der Waals surface area contributed by atoms with Gasteiger partial charge in [0, 0.05) is 43.0 Å². The van der Waals surface area contributed by atoms with Crippen molar-refractivity contribution in [3.63, 3.8) is 0 Å². The highest BCUT2D eigenvalue weighted by molar-refractivity contribution is 5.98. The van der Waals surface area contributed by atoms with Gasteiger partial charge in [0.05, 0.1) is 6.61 Å². The van der Waals surface area contributed by atoms with Crippen molar-refractivity contribution in [3.8, 4) is 0 Å². The van der Waals surface area contributed by atoms with Crippen molar-refractivity contribution in [1.82, 2.24) is 10.3 Å². The van der Waals surface area contributed by atoms with Crippen LogP contribution in [0.1, 0.15) is 39.5 Å². The van der Waals surface area contributed by atoms with Gasteiger partial charge in [-0.3, -0.25) is 4.79 Å². The Balaban J connectivity index is 1.58. The highest BCUT2D eigenvalue weighted by Gasteiger charge is 2.26. The lowest BCUT2D eigenvalue weighted by molar-refractivity contribution is 0.0174. The highest BCUT2D eigenvalue weighted by Crippen LogP contribution is 2.36. The zero-order valence-corrected chi connectivity index (χ0v) is 17.8. The van der Waals surface area contributed by atoms with Gasteiger partial charge in [-0.15, -0.1) is 0 Å². The van der Waals surface area contributed by atoms with E-state index in [1.807, 2.05) is 30.3 Å². The van der Waals surface area contributed by atoms with Gasteiger partial charge >= 0.3 is 0 Å². The fourth-order valence-corrected chi connectivity index (χ4v) is 4.06. The summed E-state index contributed by atoms with van der Waals surface area (Å²) in [7, 11) is 0. The third-order valence-corrected chi connectivity index (χ3v) is 5.60. The predicted octanol–water partition coefficient (Wildman–Crippen LogP) is 4.20. The summed E-state index contributed by atoms with van der Waals surface area (Å²) in [5.74, 6) is -2.32. The molecule has 5 nitrogen and oxygen atoms in total. The first kappa shape index (κ1) is 21.9. The van der Waals surface area contributed by atoms with Crippen LogP contribution in [0.3, 0.4) is 0 Å². The molecule has 1 aliphatic rings. The summed E-state index contributed by atoms with van der Waals surface area (Å²) in [6.07, 6.45) is 2.94. The number of nitrogens with one attached hydrogen (secondary N) is 1. The smallest absolute Gasteiger partial charge is 0.270 e. The Morgan fingerprint density at radius 1 is 1.16 bits per heavy atom. The Bertz CT molecular complexity index is 1130. The number of benzene rings is 2. The molecule has 0 radical (unpaired) electrons. The maximum Gasteiger partial charge on any atom is 0.270 e. The van der Waals surface area contributed by atoms with E-state index in [0.717, 1.165) is 35.1 Å². The van der Waals surface area contributed by atoms with E-state index in [4.69, 9.17) is 5.11 Å². The molecule has 3 aromatic rings. The van der Waals surface area contributed by atoms with Crippen molar-refractivity contribution < 1.29 is 18.7 Å². The fraction of sp³-hybridized carbons (Fsp3) is 0.280. The van der Waals surface area contributed by atoms with E-state index in [-0.39, 0.29) is 24.6 Å². The lowest BCUT2D eigenvalue weighted by Gasteiger charge is -2.19. The second-order valence-corrected chi connectivity index (χ2v) is 7.97. The molecule has 0 bridgehead atoms. The van der Waals surface area contributed by atoms with Crippen molar-refractivity contribution in [2.75, 3.05) is 24.6 Å². The van der Waals surface area contributed by atoms with E-state index >= 15 is 0 Å². The molecule has 7 heteroatoms. The Hall–Kier alpha value is -3.32. The summed E-state index contributed by atoms with van der Waals surface area (Å²) in [5.41, 5.74) is 4.27. The monoisotopic (exact) mass is 437 g/mol. The van der Waals surface area contributed by atoms with Crippen molar-refractivity contribution >= 4 is 17.4 Å². The number of fused-ring (bicyclic) bond motifs is 1. The van der Waals surface area contributed by atoms with Crippen LogP contribution < -0.4 is 10.2 Å². The Morgan fingerprint density at radius 2 is 1.94 bits per heavy atom. The number of hydrogen-bond donors (Lipinski definition) is 2. The molecule has 1 aromatic heterocycles. The summed E-state index contributed by atoms with van der Waals surface area (Å²) in [5, 5.41) is 11.7. The van der Waals surface area contributed by atoms with Crippen LogP contribution in [0, 0.1) is 0 Å². The minimum atomic E-state index is -2.88. The molecule has 4 rings (SSSR count). The zero-order valence-electron chi connectivity index (χ0n) is 17.8. The molecule has 166 valence electrons. The van der Waals surface area contributed by atoms with E-state index < -0.39 is 5.92 Å². The highest BCUT2D eigenvalue weighted by atomic mass is 19.3. The number of halogens is 2. The number of carbonyl (C=O) groups excluding carboxylic acids is 1. The summed E-state index contributed by atoms with van der Waals surface area (Å²) in [4.78, 5) is 19.0. The van der Waals surface area contributed by atoms with Gasteiger partial charge < -0.3 is 15.3 Å². The number of aliphatic hydroxyl groups excluding tert-OH is 1. The first-order valence-electron chi connectivity index (χ1n) is 10.6. The standard InChI is InChI=1S/C25H25F2N3O2/c1-25(26,27)19-5-2-4-17(15-19)14-18-8-10-28-23(16-18)30-12-9-20-21(6-3-7-22(20)30)24(32)29-11-13-31/h2-8,10,15-16,31H,9,11-14H2,1H3,(H,29,32). The summed E-state index contributed by atoms with van der Waals surface area (Å²) in [6, 6.07) is 15.9. The number of rotatable bonds is 7. The minimum Gasteiger partial charge on any atom is -0.395 e. The number of amides is 1. The molecule has 0 spiro atoms. The molecular weight excluding hydrogens is 412 g/mol. The van der Waals surface area contributed by atoms with Crippen molar-refractivity contribution in [2.45, 2.75) is 25.7 Å². The summed E-state index contributed by atoms with van der Waals surface area (Å²) < 4.78 is 27.4. The number of alkyl halides is 2. The molecule has 0 unspecified atom stereocenters. The third-order valence-electron chi connectivity index (χ3n) is 5.60. The van der Waals surface area contributed by atoms with E-state index in [1.54, 1.807) is 24.4 Å². The molecular formula is C25H25F2N3O2. The molecule has 32 heavy (non-hydrogen) atoms. The van der Waals surface area contributed by atoms with E-state index in [1.165, 1.54) is 6.07 Å². The molecule has 0 saturated carbocycles. The molecule has 0 fully saturated rings. The Morgan fingerprint density at radius 3 is 2.72 bits per heavy atom. The van der Waals surface area contributed by atoms with Crippen LogP contribution in [0.2, 0.25) is 0 Å².